The first-order valence-corrected chi connectivity index (χ1v) is 13.8. The number of aliphatic hydroxyl groups is 1. The summed E-state index contributed by atoms with van der Waals surface area (Å²) >= 11 is 0. The molecule has 2 heterocycles. The first-order valence-electron chi connectivity index (χ1n) is 13.8. The summed E-state index contributed by atoms with van der Waals surface area (Å²) in [6.07, 6.45) is 6.48. The van der Waals surface area contributed by atoms with Crippen LogP contribution >= 0.6 is 0 Å². The number of rotatable bonds is 6. The molecule has 2 amide bonds. The predicted octanol–water partition coefficient (Wildman–Crippen LogP) is 3.75. The lowest BCUT2D eigenvalue weighted by atomic mass is 9.88. The lowest BCUT2D eigenvalue weighted by molar-refractivity contribution is -0.136. The number of ether oxygens (including phenoxy) is 2. The van der Waals surface area contributed by atoms with Crippen LogP contribution in [0, 0.1) is 23.7 Å². The van der Waals surface area contributed by atoms with Gasteiger partial charge in [0, 0.05) is 42.8 Å². The normalized spacial score (nSPS) is 20.4. The Bertz CT molecular complexity index is 1230. The first kappa shape index (κ1) is 28.4. The fraction of sp³-hybridized carbons (Fsp3) is 0.516. The fourth-order valence-electron chi connectivity index (χ4n) is 5.25. The largest absolute Gasteiger partial charge is 0.497 e. The van der Waals surface area contributed by atoms with Crippen molar-refractivity contribution in [3.05, 3.63) is 53.2 Å². The average molecular weight is 534 g/mol. The first-order chi connectivity index (χ1) is 18.8. The van der Waals surface area contributed by atoms with Gasteiger partial charge < -0.3 is 24.4 Å². The van der Waals surface area contributed by atoms with E-state index in [-0.39, 0.29) is 48.3 Å². The van der Waals surface area contributed by atoms with Crippen LogP contribution in [0.4, 0.5) is 0 Å². The standard InChI is InChI=1S/C31H39N3O5/c1-21-18-34(22(2)20-35)31(37)27-16-24(14-13-23-9-8-12-26(15-23)38-4)17-32-29(27)39-28(21)19-33(3)30(36)25-10-6-5-7-11-25/h8-9,12,15-17,21-22,25,28,35H,5-7,10-11,18-20H2,1-4H3/t21-,22+,28-/m1/s1. The minimum absolute atomic E-state index is 0.0659. The molecule has 39 heavy (non-hydrogen) atoms. The van der Waals surface area contributed by atoms with E-state index < -0.39 is 0 Å². The van der Waals surface area contributed by atoms with Crippen LogP contribution < -0.4 is 9.47 Å². The van der Waals surface area contributed by atoms with Crippen LogP contribution in [-0.2, 0) is 4.79 Å². The lowest BCUT2D eigenvalue weighted by Crippen LogP contribution is -2.51. The number of nitrogens with zero attached hydrogens (tertiary/aromatic N) is 3. The van der Waals surface area contributed by atoms with Gasteiger partial charge in [-0.3, -0.25) is 9.59 Å². The average Bonchev–Trinajstić information content (AvgIpc) is 2.97. The van der Waals surface area contributed by atoms with Crippen LogP contribution in [0.2, 0.25) is 0 Å². The van der Waals surface area contributed by atoms with E-state index >= 15 is 0 Å². The summed E-state index contributed by atoms with van der Waals surface area (Å²) < 4.78 is 11.6. The van der Waals surface area contributed by atoms with Crippen molar-refractivity contribution in [2.75, 3.05) is 33.9 Å². The molecule has 8 nitrogen and oxygen atoms in total. The van der Waals surface area contributed by atoms with Gasteiger partial charge in [0.2, 0.25) is 11.8 Å². The molecular formula is C31H39N3O5. The molecule has 0 saturated heterocycles. The smallest absolute Gasteiger partial charge is 0.259 e. The molecule has 1 N–H and O–H groups in total. The van der Waals surface area contributed by atoms with Crippen LogP contribution in [0.1, 0.15) is 67.4 Å². The van der Waals surface area contributed by atoms with E-state index in [9.17, 15) is 14.7 Å². The number of aliphatic hydroxyl groups excluding tert-OH is 1. The maximum atomic E-state index is 13.7. The second kappa shape index (κ2) is 13.0. The number of fused-ring (bicyclic) bond motifs is 1. The van der Waals surface area contributed by atoms with Crippen molar-refractivity contribution in [1.29, 1.82) is 0 Å². The third-order valence-corrected chi connectivity index (χ3v) is 7.73. The highest BCUT2D eigenvalue weighted by molar-refractivity contribution is 5.97. The Balaban J connectivity index is 1.62. The van der Waals surface area contributed by atoms with Crippen molar-refractivity contribution in [2.45, 2.75) is 58.1 Å². The van der Waals surface area contributed by atoms with Gasteiger partial charge in [0.15, 0.2) is 0 Å². The number of aromatic nitrogens is 1. The molecular weight excluding hydrogens is 494 g/mol. The van der Waals surface area contributed by atoms with Crippen LogP contribution in [0.15, 0.2) is 36.5 Å². The van der Waals surface area contributed by atoms with E-state index in [0.29, 0.717) is 30.0 Å². The maximum absolute atomic E-state index is 13.7. The van der Waals surface area contributed by atoms with E-state index in [2.05, 4.69) is 16.8 Å². The molecule has 0 unspecified atom stereocenters. The molecule has 0 bridgehead atoms. The monoisotopic (exact) mass is 533 g/mol. The molecule has 4 rings (SSSR count). The number of carbonyl (C=O) groups excluding carboxylic acids is 2. The summed E-state index contributed by atoms with van der Waals surface area (Å²) in [6, 6.07) is 8.74. The van der Waals surface area contributed by atoms with Crippen LogP contribution in [0.25, 0.3) is 0 Å². The van der Waals surface area contributed by atoms with Gasteiger partial charge in [0.25, 0.3) is 5.91 Å². The van der Waals surface area contributed by atoms with E-state index in [0.717, 1.165) is 31.2 Å². The lowest BCUT2D eigenvalue weighted by Gasteiger charge is -2.38. The number of carbonyl (C=O) groups is 2. The van der Waals surface area contributed by atoms with Gasteiger partial charge in [-0.1, -0.05) is 44.1 Å². The SMILES string of the molecule is COc1cccc(C#Cc2cnc3c(c2)C(=O)N([C@@H](C)CO)C[C@@H](C)[C@@H](CN(C)C(=O)C2CCCCC2)O3)c1. The molecule has 0 radical (unpaired) electrons. The molecule has 1 aromatic carbocycles. The van der Waals surface area contributed by atoms with Gasteiger partial charge in [0.1, 0.15) is 17.4 Å². The summed E-state index contributed by atoms with van der Waals surface area (Å²) in [6.45, 7) is 4.44. The number of pyridine rings is 1. The second-order valence-electron chi connectivity index (χ2n) is 10.7. The van der Waals surface area contributed by atoms with Crippen molar-refractivity contribution in [2.24, 2.45) is 11.8 Å². The maximum Gasteiger partial charge on any atom is 0.259 e. The van der Waals surface area contributed by atoms with Gasteiger partial charge in [-0.25, -0.2) is 4.98 Å². The summed E-state index contributed by atoms with van der Waals surface area (Å²) in [4.78, 5) is 34.8. The molecule has 1 aliphatic heterocycles. The van der Waals surface area contributed by atoms with Crippen LogP contribution in [-0.4, -0.2) is 77.7 Å². The Kier molecular flexibility index (Phi) is 9.47. The van der Waals surface area contributed by atoms with Crippen molar-refractivity contribution in [3.63, 3.8) is 0 Å². The zero-order chi connectivity index (χ0) is 27.9. The number of benzene rings is 1. The molecule has 8 heteroatoms. The molecule has 1 aliphatic carbocycles. The molecule has 0 spiro atoms. The molecule has 3 atom stereocenters. The molecule has 1 saturated carbocycles. The molecule has 1 aromatic heterocycles. The van der Waals surface area contributed by atoms with E-state index in [1.54, 1.807) is 29.2 Å². The molecule has 208 valence electrons. The summed E-state index contributed by atoms with van der Waals surface area (Å²) in [5.41, 5.74) is 1.64. The fourth-order valence-corrected chi connectivity index (χ4v) is 5.25. The van der Waals surface area contributed by atoms with Crippen molar-refractivity contribution >= 4 is 11.8 Å². The number of methoxy groups -OCH3 is 1. The third kappa shape index (κ3) is 6.90. The van der Waals surface area contributed by atoms with Gasteiger partial charge in [-0.2, -0.15) is 0 Å². The Morgan fingerprint density at radius 1 is 1.23 bits per heavy atom. The van der Waals surface area contributed by atoms with Crippen molar-refractivity contribution in [1.82, 2.24) is 14.8 Å². The van der Waals surface area contributed by atoms with Gasteiger partial charge in [-0.05, 0) is 44.0 Å². The summed E-state index contributed by atoms with van der Waals surface area (Å²) in [7, 11) is 3.44. The van der Waals surface area contributed by atoms with E-state index in [4.69, 9.17) is 9.47 Å². The second-order valence-corrected chi connectivity index (χ2v) is 10.7. The number of likely N-dealkylation sites (N-methyl/N-ethyl adjacent to an activating group) is 1. The minimum Gasteiger partial charge on any atom is -0.497 e. The quantitative estimate of drug-likeness (QED) is 0.569. The summed E-state index contributed by atoms with van der Waals surface area (Å²) in [5.74, 6) is 6.98. The highest BCUT2D eigenvalue weighted by atomic mass is 16.5. The van der Waals surface area contributed by atoms with Crippen molar-refractivity contribution in [3.8, 4) is 23.5 Å². The van der Waals surface area contributed by atoms with Crippen molar-refractivity contribution < 1.29 is 24.2 Å². The Morgan fingerprint density at radius 3 is 2.69 bits per heavy atom. The Morgan fingerprint density at radius 2 is 1.97 bits per heavy atom. The van der Waals surface area contributed by atoms with Gasteiger partial charge in [0.05, 0.1) is 26.3 Å². The van der Waals surface area contributed by atoms with Crippen LogP contribution in [0.3, 0.4) is 0 Å². The number of hydrogen-bond donors (Lipinski definition) is 1. The third-order valence-electron chi connectivity index (χ3n) is 7.73. The Hall–Kier alpha value is -3.57. The molecule has 1 fully saturated rings. The molecule has 2 aromatic rings. The minimum atomic E-state index is -0.389. The zero-order valence-corrected chi connectivity index (χ0v) is 23.4. The van der Waals surface area contributed by atoms with E-state index in [1.807, 2.05) is 45.2 Å². The van der Waals surface area contributed by atoms with Crippen LogP contribution in [0.5, 0.6) is 11.6 Å². The zero-order valence-electron chi connectivity index (χ0n) is 23.4. The topological polar surface area (TPSA) is 92.2 Å². The van der Waals surface area contributed by atoms with E-state index in [1.165, 1.54) is 6.42 Å². The Labute approximate surface area is 231 Å². The number of amides is 2. The van der Waals surface area contributed by atoms with Gasteiger partial charge >= 0.3 is 0 Å². The molecule has 2 aliphatic rings. The predicted molar refractivity (Wildman–Crippen MR) is 149 cm³/mol. The highest BCUT2D eigenvalue weighted by Crippen LogP contribution is 2.29. The summed E-state index contributed by atoms with van der Waals surface area (Å²) in [5, 5.41) is 9.91. The highest BCUT2D eigenvalue weighted by Gasteiger charge is 2.35. The van der Waals surface area contributed by atoms with Gasteiger partial charge in [-0.15, -0.1) is 0 Å². The number of hydrogen-bond acceptors (Lipinski definition) is 6.